The molecule has 16 heavy (non-hydrogen) atoms. The average Bonchev–Trinajstić information content (AvgIpc) is 2.83. The highest BCUT2D eigenvalue weighted by Crippen LogP contribution is 2.16. The zero-order valence-electron chi connectivity index (χ0n) is 8.34. The number of carbonyl (C=O) groups is 1. The molecule has 8 heteroatoms. The molecule has 0 aliphatic rings. The van der Waals surface area contributed by atoms with Crippen LogP contribution in [0, 0.1) is 6.92 Å². The van der Waals surface area contributed by atoms with Gasteiger partial charge in [0.25, 0.3) is 0 Å². The van der Waals surface area contributed by atoms with E-state index in [0.29, 0.717) is 11.4 Å². The third-order valence-electron chi connectivity index (χ3n) is 1.88. The van der Waals surface area contributed by atoms with E-state index < -0.39 is 5.97 Å². The molecule has 2 heterocycles. The Morgan fingerprint density at radius 2 is 2.19 bits per heavy atom. The highest BCUT2D eigenvalue weighted by Gasteiger charge is 2.15. The van der Waals surface area contributed by atoms with Crippen molar-refractivity contribution in [2.45, 2.75) is 19.8 Å². The first kappa shape index (κ1) is 10.3. The molecule has 0 atom stereocenters. The Labute approximate surface area is 89.2 Å². The smallest absolute Gasteiger partial charge is 0.227 e. The summed E-state index contributed by atoms with van der Waals surface area (Å²) in [7, 11) is 0. The van der Waals surface area contributed by atoms with Gasteiger partial charge in [-0.05, 0) is 18.5 Å². The van der Waals surface area contributed by atoms with Gasteiger partial charge in [-0.2, -0.15) is 4.98 Å². The number of carboxylic acids is 1. The third kappa shape index (κ3) is 2.05. The summed E-state index contributed by atoms with van der Waals surface area (Å²) in [5.41, 5.74) is 0.913. The standard InChI is InChI=1S/C8H8N4O4/c1-4-7(11-16-10-4)8-9-5(15-12-8)2-3-6(13)14/h2-3H2,1H3,(H,13,14)/p-1. The molecule has 0 amide bonds. The Balaban J connectivity index is 2.14. The van der Waals surface area contributed by atoms with Crippen molar-refractivity contribution >= 4 is 5.97 Å². The van der Waals surface area contributed by atoms with Crippen LogP contribution < -0.4 is 5.11 Å². The fourth-order valence-corrected chi connectivity index (χ4v) is 1.10. The summed E-state index contributed by atoms with van der Waals surface area (Å²) < 4.78 is 9.31. The second kappa shape index (κ2) is 4.09. The van der Waals surface area contributed by atoms with Crippen LogP contribution in [0.4, 0.5) is 0 Å². The molecule has 0 saturated heterocycles. The van der Waals surface area contributed by atoms with Gasteiger partial charge in [-0.1, -0.05) is 10.3 Å². The van der Waals surface area contributed by atoms with Gasteiger partial charge in [-0.25, -0.2) is 4.63 Å². The number of aryl methyl sites for hydroxylation is 2. The number of carboxylic acid groups (broad SMARTS) is 1. The van der Waals surface area contributed by atoms with Crippen molar-refractivity contribution in [3.63, 3.8) is 0 Å². The number of aliphatic carboxylic acids is 1. The number of carbonyl (C=O) groups excluding carboxylic acids is 1. The van der Waals surface area contributed by atoms with Gasteiger partial charge in [0.2, 0.25) is 11.7 Å². The lowest BCUT2D eigenvalue weighted by molar-refractivity contribution is -0.305. The molecule has 0 radical (unpaired) electrons. The van der Waals surface area contributed by atoms with E-state index in [0.717, 1.165) is 0 Å². The monoisotopic (exact) mass is 223 g/mol. The second-order valence-corrected chi connectivity index (χ2v) is 3.08. The van der Waals surface area contributed by atoms with Crippen molar-refractivity contribution in [2.24, 2.45) is 0 Å². The zero-order valence-corrected chi connectivity index (χ0v) is 8.34. The molecule has 0 aliphatic carbocycles. The van der Waals surface area contributed by atoms with E-state index >= 15 is 0 Å². The number of hydrogen-bond acceptors (Lipinski definition) is 8. The second-order valence-electron chi connectivity index (χ2n) is 3.08. The van der Waals surface area contributed by atoms with E-state index in [1.54, 1.807) is 6.92 Å². The quantitative estimate of drug-likeness (QED) is 0.654. The SMILES string of the molecule is Cc1nonc1-c1noc(CCC(=O)[O-])n1. The van der Waals surface area contributed by atoms with Gasteiger partial charge in [0.1, 0.15) is 5.69 Å². The molecular weight excluding hydrogens is 216 g/mol. The maximum Gasteiger partial charge on any atom is 0.227 e. The number of aromatic nitrogens is 4. The molecule has 8 nitrogen and oxygen atoms in total. The van der Waals surface area contributed by atoms with Crippen molar-refractivity contribution in [1.82, 2.24) is 20.5 Å². The molecule has 0 aromatic carbocycles. The first-order chi connectivity index (χ1) is 7.66. The van der Waals surface area contributed by atoms with Crippen LogP contribution in [0.25, 0.3) is 11.5 Å². The van der Waals surface area contributed by atoms with E-state index in [1.165, 1.54) is 0 Å². The Bertz CT molecular complexity index is 504. The lowest BCUT2D eigenvalue weighted by Crippen LogP contribution is -2.22. The molecule has 0 saturated carbocycles. The molecule has 0 aliphatic heterocycles. The van der Waals surface area contributed by atoms with E-state index in [1.807, 2.05) is 0 Å². The van der Waals surface area contributed by atoms with Gasteiger partial charge in [0.05, 0.1) is 0 Å². The van der Waals surface area contributed by atoms with Crippen LogP contribution in [0.2, 0.25) is 0 Å². The minimum atomic E-state index is -1.17. The van der Waals surface area contributed by atoms with E-state index in [2.05, 4.69) is 25.1 Å². The van der Waals surface area contributed by atoms with Gasteiger partial charge < -0.3 is 14.4 Å². The lowest BCUT2D eigenvalue weighted by atomic mass is 10.3. The van der Waals surface area contributed by atoms with Crippen LogP contribution in [0.3, 0.4) is 0 Å². The van der Waals surface area contributed by atoms with Crippen LogP contribution in [-0.4, -0.2) is 26.4 Å². The molecule has 2 rings (SSSR count). The van der Waals surface area contributed by atoms with Crippen LogP contribution in [0.5, 0.6) is 0 Å². The van der Waals surface area contributed by atoms with Crippen molar-refractivity contribution in [3.8, 4) is 11.5 Å². The summed E-state index contributed by atoms with van der Waals surface area (Å²) in [6, 6.07) is 0. The number of rotatable bonds is 4. The van der Waals surface area contributed by atoms with Crippen LogP contribution in [0.15, 0.2) is 9.15 Å². The Kier molecular flexibility index (Phi) is 2.63. The summed E-state index contributed by atoms with van der Waals surface area (Å²) in [6.07, 6.45) is -0.0443. The highest BCUT2D eigenvalue weighted by atomic mass is 16.6. The molecule has 0 spiro atoms. The van der Waals surface area contributed by atoms with Crippen molar-refractivity contribution < 1.29 is 19.1 Å². The summed E-state index contributed by atoms with van der Waals surface area (Å²) in [5.74, 6) is -0.729. The summed E-state index contributed by atoms with van der Waals surface area (Å²) in [4.78, 5) is 14.2. The van der Waals surface area contributed by atoms with Gasteiger partial charge in [-0.15, -0.1) is 0 Å². The average molecular weight is 223 g/mol. The topological polar surface area (TPSA) is 118 Å². The Morgan fingerprint density at radius 3 is 2.81 bits per heavy atom. The Morgan fingerprint density at radius 1 is 1.38 bits per heavy atom. The molecule has 0 bridgehead atoms. The first-order valence-corrected chi connectivity index (χ1v) is 4.49. The molecule has 2 aromatic heterocycles. The van der Waals surface area contributed by atoms with Crippen molar-refractivity contribution in [3.05, 3.63) is 11.6 Å². The molecule has 2 aromatic rings. The number of nitrogens with zero attached hydrogens (tertiary/aromatic N) is 4. The van der Waals surface area contributed by atoms with Crippen molar-refractivity contribution in [2.75, 3.05) is 0 Å². The van der Waals surface area contributed by atoms with E-state index in [9.17, 15) is 9.90 Å². The van der Waals surface area contributed by atoms with Gasteiger partial charge in [0, 0.05) is 12.4 Å². The highest BCUT2D eigenvalue weighted by molar-refractivity contribution is 5.64. The fourth-order valence-electron chi connectivity index (χ4n) is 1.10. The molecule has 0 unspecified atom stereocenters. The Hall–Kier alpha value is -2.25. The zero-order chi connectivity index (χ0) is 11.5. The van der Waals surface area contributed by atoms with Gasteiger partial charge in [0.15, 0.2) is 5.69 Å². The van der Waals surface area contributed by atoms with Crippen LogP contribution in [0.1, 0.15) is 18.0 Å². The predicted octanol–water partition coefficient (Wildman–Crippen LogP) is -0.889. The predicted molar refractivity (Wildman–Crippen MR) is 45.7 cm³/mol. The minimum absolute atomic E-state index is 0.125. The maximum absolute atomic E-state index is 10.2. The number of hydrogen-bond donors (Lipinski definition) is 0. The lowest BCUT2D eigenvalue weighted by Gasteiger charge is -1.95. The normalized spacial score (nSPS) is 10.6. The van der Waals surface area contributed by atoms with Gasteiger partial charge in [-0.3, -0.25) is 0 Å². The van der Waals surface area contributed by atoms with Crippen molar-refractivity contribution in [1.29, 1.82) is 0 Å². The molecule has 84 valence electrons. The third-order valence-corrected chi connectivity index (χ3v) is 1.88. The molecule has 0 N–H and O–H groups in total. The minimum Gasteiger partial charge on any atom is -0.550 e. The van der Waals surface area contributed by atoms with E-state index in [-0.39, 0.29) is 24.6 Å². The summed E-state index contributed by atoms with van der Waals surface area (Å²) >= 11 is 0. The van der Waals surface area contributed by atoms with Crippen LogP contribution >= 0.6 is 0 Å². The largest absolute Gasteiger partial charge is 0.550 e. The fraction of sp³-hybridized carbons (Fsp3) is 0.375. The summed E-state index contributed by atoms with van der Waals surface area (Å²) in [6.45, 7) is 1.68. The maximum atomic E-state index is 10.2. The van der Waals surface area contributed by atoms with Crippen LogP contribution in [-0.2, 0) is 11.2 Å². The first-order valence-electron chi connectivity index (χ1n) is 4.49. The van der Waals surface area contributed by atoms with E-state index in [4.69, 9.17) is 4.52 Å². The summed E-state index contributed by atoms with van der Waals surface area (Å²) in [5, 5.41) is 21.0. The molecule has 0 fully saturated rings. The van der Waals surface area contributed by atoms with Gasteiger partial charge >= 0.3 is 0 Å². The molecular formula is C8H7N4O4-.